The summed E-state index contributed by atoms with van der Waals surface area (Å²) in [7, 11) is 0. The lowest BCUT2D eigenvalue weighted by Crippen LogP contribution is -2.32. The van der Waals surface area contributed by atoms with Gasteiger partial charge in [0.05, 0.1) is 13.2 Å². The quantitative estimate of drug-likeness (QED) is 0.724. The zero-order valence-electron chi connectivity index (χ0n) is 16.2. The van der Waals surface area contributed by atoms with Crippen LogP contribution in [0.25, 0.3) is 11.1 Å². The zero-order chi connectivity index (χ0) is 20.2. The number of anilines is 2. The highest BCUT2D eigenvalue weighted by molar-refractivity contribution is 5.96. The second-order valence-electron chi connectivity index (χ2n) is 7.06. The fraction of sp³-hybridized carbons (Fsp3) is 0.167. The standard InChI is InChI=1S/C24H22N2O3/c1-17(27)25-22-9-5-8-19(13-22)20-10-11-23-21(12-20)15-29-16-24(28)26(23)14-18-6-3-2-4-7-18/h2-13H,14-16H2,1H3,(H,25,27). The Hall–Kier alpha value is -3.44. The monoisotopic (exact) mass is 386 g/mol. The third-order valence-corrected chi connectivity index (χ3v) is 4.85. The molecule has 0 fully saturated rings. The van der Waals surface area contributed by atoms with Crippen LogP contribution in [0.2, 0.25) is 0 Å². The summed E-state index contributed by atoms with van der Waals surface area (Å²) < 4.78 is 5.62. The molecular weight excluding hydrogens is 364 g/mol. The van der Waals surface area contributed by atoms with E-state index in [-0.39, 0.29) is 18.4 Å². The average molecular weight is 386 g/mol. The lowest BCUT2D eigenvalue weighted by molar-refractivity contribution is -0.123. The van der Waals surface area contributed by atoms with Crippen molar-refractivity contribution >= 4 is 23.2 Å². The fourth-order valence-corrected chi connectivity index (χ4v) is 3.52. The van der Waals surface area contributed by atoms with Crippen LogP contribution in [0.5, 0.6) is 0 Å². The van der Waals surface area contributed by atoms with E-state index in [0.29, 0.717) is 13.2 Å². The molecule has 3 aromatic carbocycles. The van der Waals surface area contributed by atoms with Gasteiger partial charge < -0.3 is 15.0 Å². The highest BCUT2D eigenvalue weighted by atomic mass is 16.5. The topological polar surface area (TPSA) is 58.6 Å². The minimum Gasteiger partial charge on any atom is -0.367 e. The Morgan fingerprint density at radius 2 is 1.76 bits per heavy atom. The van der Waals surface area contributed by atoms with Gasteiger partial charge in [0.15, 0.2) is 0 Å². The fourth-order valence-electron chi connectivity index (χ4n) is 3.52. The molecule has 0 radical (unpaired) electrons. The number of nitrogens with zero attached hydrogens (tertiary/aromatic N) is 1. The molecule has 1 N–H and O–H groups in total. The maximum atomic E-state index is 12.6. The smallest absolute Gasteiger partial charge is 0.253 e. The molecule has 3 aromatic rings. The lowest BCUT2D eigenvalue weighted by Gasteiger charge is -2.23. The number of amides is 2. The van der Waals surface area contributed by atoms with Gasteiger partial charge in [-0.25, -0.2) is 0 Å². The van der Waals surface area contributed by atoms with E-state index in [1.807, 2.05) is 66.7 Å². The number of ether oxygens (including phenoxy) is 1. The van der Waals surface area contributed by atoms with Crippen LogP contribution in [0.3, 0.4) is 0 Å². The molecule has 0 spiro atoms. The van der Waals surface area contributed by atoms with E-state index in [9.17, 15) is 9.59 Å². The van der Waals surface area contributed by atoms with Crippen molar-refractivity contribution in [1.82, 2.24) is 0 Å². The summed E-state index contributed by atoms with van der Waals surface area (Å²) in [6, 6.07) is 23.7. The first kappa shape index (κ1) is 18.9. The summed E-state index contributed by atoms with van der Waals surface area (Å²) in [5.41, 5.74) is 5.66. The molecule has 2 amide bonds. The summed E-state index contributed by atoms with van der Waals surface area (Å²) in [4.78, 5) is 25.8. The van der Waals surface area contributed by atoms with Gasteiger partial charge in [0.25, 0.3) is 5.91 Å². The van der Waals surface area contributed by atoms with Gasteiger partial charge in [-0.3, -0.25) is 9.59 Å². The third-order valence-electron chi connectivity index (χ3n) is 4.85. The molecule has 0 saturated carbocycles. The van der Waals surface area contributed by atoms with E-state index < -0.39 is 0 Å². The van der Waals surface area contributed by atoms with Gasteiger partial charge >= 0.3 is 0 Å². The number of rotatable bonds is 4. The van der Waals surface area contributed by atoms with Gasteiger partial charge in [0.1, 0.15) is 6.61 Å². The van der Waals surface area contributed by atoms with Gasteiger partial charge in [-0.15, -0.1) is 0 Å². The van der Waals surface area contributed by atoms with Crippen molar-refractivity contribution in [3.63, 3.8) is 0 Å². The molecular formula is C24H22N2O3. The summed E-state index contributed by atoms with van der Waals surface area (Å²) in [6.07, 6.45) is 0. The Morgan fingerprint density at radius 3 is 2.55 bits per heavy atom. The molecule has 5 nitrogen and oxygen atoms in total. The van der Waals surface area contributed by atoms with Gasteiger partial charge in [0, 0.05) is 23.9 Å². The maximum absolute atomic E-state index is 12.6. The molecule has 5 heteroatoms. The van der Waals surface area contributed by atoms with E-state index in [1.54, 1.807) is 4.90 Å². The van der Waals surface area contributed by atoms with E-state index >= 15 is 0 Å². The Balaban J connectivity index is 1.68. The molecule has 1 aliphatic rings. The highest BCUT2D eigenvalue weighted by Gasteiger charge is 2.23. The van der Waals surface area contributed by atoms with Crippen molar-refractivity contribution in [3.8, 4) is 11.1 Å². The molecule has 4 rings (SSSR count). The normalized spacial score (nSPS) is 13.6. The Labute approximate surface area is 169 Å². The summed E-state index contributed by atoms with van der Waals surface area (Å²) >= 11 is 0. The molecule has 0 aromatic heterocycles. The number of hydrogen-bond acceptors (Lipinski definition) is 3. The summed E-state index contributed by atoms with van der Waals surface area (Å²) in [6.45, 7) is 2.44. The minimum absolute atomic E-state index is 0.0481. The first-order valence-electron chi connectivity index (χ1n) is 9.53. The number of carbonyl (C=O) groups is 2. The molecule has 0 saturated heterocycles. The predicted molar refractivity (Wildman–Crippen MR) is 113 cm³/mol. The van der Waals surface area contributed by atoms with E-state index in [1.165, 1.54) is 6.92 Å². The van der Waals surface area contributed by atoms with Gasteiger partial charge in [-0.05, 0) is 41.0 Å². The van der Waals surface area contributed by atoms with Crippen LogP contribution in [-0.2, 0) is 27.5 Å². The second-order valence-corrected chi connectivity index (χ2v) is 7.06. The van der Waals surface area contributed by atoms with Crippen molar-refractivity contribution in [2.75, 3.05) is 16.8 Å². The van der Waals surface area contributed by atoms with Crippen LogP contribution < -0.4 is 10.2 Å². The Morgan fingerprint density at radius 1 is 0.966 bits per heavy atom. The zero-order valence-corrected chi connectivity index (χ0v) is 16.2. The average Bonchev–Trinajstić information content (AvgIpc) is 2.87. The van der Waals surface area contributed by atoms with Crippen LogP contribution in [0.15, 0.2) is 72.8 Å². The predicted octanol–water partition coefficient (Wildman–Crippen LogP) is 4.38. The number of fused-ring (bicyclic) bond motifs is 1. The molecule has 0 unspecified atom stereocenters. The van der Waals surface area contributed by atoms with Crippen molar-refractivity contribution < 1.29 is 14.3 Å². The first-order valence-corrected chi connectivity index (χ1v) is 9.53. The number of carbonyl (C=O) groups excluding carboxylic acids is 2. The van der Waals surface area contributed by atoms with Gasteiger partial charge in [-0.1, -0.05) is 48.5 Å². The van der Waals surface area contributed by atoms with Gasteiger partial charge in [-0.2, -0.15) is 0 Å². The molecule has 0 bridgehead atoms. The molecule has 1 heterocycles. The number of benzene rings is 3. The van der Waals surface area contributed by atoms with Crippen LogP contribution in [0.4, 0.5) is 11.4 Å². The van der Waals surface area contributed by atoms with Crippen LogP contribution in [0.1, 0.15) is 18.1 Å². The van der Waals surface area contributed by atoms with Crippen LogP contribution in [0, 0.1) is 0 Å². The highest BCUT2D eigenvalue weighted by Crippen LogP contribution is 2.32. The summed E-state index contributed by atoms with van der Waals surface area (Å²) in [5.74, 6) is -0.152. The van der Waals surface area contributed by atoms with E-state index in [4.69, 9.17) is 4.74 Å². The number of nitrogens with one attached hydrogen (secondary N) is 1. The lowest BCUT2D eigenvalue weighted by atomic mass is 10.0. The van der Waals surface area contributed by atoms with Crippen LogP contribution in [-0.4, -0.2) is 18.4 Å². The molecule has 29 heavy (non-hydrogen) atoms. The maximum Gasteiger partial charge on any atom is 0.253 e. The Kier molecular flexibility index (Phi) is 5.40. The second kappa shape index (κ2) is 8.29. The number of hydrogen-bond donors (Lipinski definition) is 1. The SMILES string of the molecule is CC(=O)Nc1cccc(-c2ccc3c(c2)COCC(=O)N3Cc2ccccc2)c1. The third kappa shape index (κ3) is 4.36. The van der Waals surface area contributed by atoms with Crippen molar-refractivity contribution in [2.24, 2.45) is 0 Å². The van der Waals surface area contributed by atoms with E-state index in [2.05, 4.69) is 11.4 Å². The van der Waals surface area contributed by atoms with Gasteiger partial charge in [0.2, 0.25) is 5.91 Å². The molecule has 0 atom stereocenters. The minimum atomic E-state index is -0.104. The molecule has 1 aliphatic heterocycles. The summed E-state index contributed by atoms with van der Waals surface area (Å²) in [5, 5.41) is 2.81. The first-order chi connectivity index (χ1) is 14.1. The molecule has 146 valence electrons. The largest absolute Gasteiger partial charge is 0.367 e. The van der Waals surface area contributed by atoms with Crippen LogP contribution >= 0.6 is 0 Å². The van der Waals surface area contributed by atoms with Crippen molar-refractivity contribution in [2.45, 2.75) is 20.1 Å². The Bertz CT molecular complexity index is 1050. The van der Waals surface area contributed by atoms with Crippen molar-refractivity contribution in [1.29, 1.82) is 0 Å². The van der Waals surface area contributed by atoms with E-state index in [0.717, 1.165) is 33.6 Å². The molecule has 0 aliphatic carbocycles. The van der Waals surface area contributed by atoms with Crippen molar-refractivity contribution in [3.05, 3.63) is 83.9 Å².